The van der Waals surface area contributed by atoms with Crippen LogP contribution in [0.5, 0.6) is 17.2 Å². The average Bonchev–Trinajstić information content (AvgIpc) is 2.78. The van der Waals surface area contributed by atoms with Crippen molar-refractivity contribution in [3.63, 3.8) is 0 Å². The Morgan fingerprint density at radius 2 is 1.47 bits per heavy atom. The van der Waals surface area contributed by atoms with Crippen LogP contribution in [-0.2, 0) is 4.79 Å². The van der Waals surface area contributed by atoms with E-state index < -0.39 is 0 Å². The predicted molar refractivity (Wildman–Crippen MR) is 116 cm³/mol. The second-order valence-electron chi connectivity index (χ2n) is 6.27. The van der Waals surface area contributed by atoms with Gasteiger partial charge in [-0.1, -0.05) is 36.4 Å². The second kappa shape index (κ2) is 10.5. The van der Waals surface area contributed by atoms with E-state index in [1.165, 1.54) is 0 Å². The van der Waals surface area contributed by atoms with Crippen molar-refractivity contribution in [2.45, 2.75) is 0 Å². The molecule has 6 nitrogen and oxygen atoms in total. The molecule has 0 saturated heterocycles. The maximum atomic E-state index is 12.3. The summed E-state index contributed by atoms with van der Waals surface area (Å²) in [5, 5.41) is 5.40. The van der Waals surface area contributed by atoms with Gasteiger partial charge in [0.25, 0.3) is 11.8 Å². The van der Waals surface area contributed by atoms with Crippen LogP contribution in [0, 0.1) is 0 Å². The first kappa shape index (κ1) is 20.7. The molecule has 6 heteroatoms. The zero-order chi connectivity index (χ0) is 21.2. The van der Waals surface area contributed by atoms with Crippen molar-refractivity contribution in [3.8, 4) is 17.2 Å². The van der Waals surface area contributed by atoms with Gasteiger partial charge in [-0.15, -0.1) is 6.58 Å². The summed E-state index contributed by atoms with van der Waals surface area (Å²) in [5.41, 5.74) is 0.786. The molecule has 3 aromatic rings. The van der Waals surface area contributed by atoms with Gasteiger partial charge in [0, 0.05) is 6.54 Å². The first-order valence-electron chi connectivity index (χ1n) is 9.39. The van der Waals surface area contributed by atoms with Gasteiger partial charge >= 0.3 is 0 Å². The van der Waals surface area contributed by atoms with E-state index in [2.05, 4.69) is 17.2 Å². The largest absolute Gasteiger partial charge is 0.484 e. The zero-order valence-corrected chi connectivity index (χ0v) is 16.3. The fraction of sp³-hybridized carbons (Fsp3) is 0.0833. The van der Waals surface area contributed by atoms with Gasteiger partial charge in [-0.25, -0.2) is 0 Å². The molecule has 0 atom stereocenters. The van der Waals surface area contributed by atoms with E-state index in [9.17, 15) is 9.59 Å². The fourth-order valence-electron chi connectivity index (χ4n) is 2.61. The SMILES string of the molecule is C=CCNC(=O)c1ccccc1NC(=O)COc1ccc(Oc2ccccc2)cc1. The number of carbonyl (C=O) groups is 2. The van der Waals surface area contributed by atoms with Crippen molar-refractivity contribution in [1.82, 2.24) is 5.32 Å². The number of anilines is 1. The van der Waals surface area contributed by atoms with Crippen molar-refractivity contribution in [2.24, 2.45) is 0 Å². The Kier molecular flexibility index (Phi) is 7.22. The molecule has 0 aromatic heterocycles. The van der Waals surface area contributed by atoms with E-state index in [0.29, 0.717) is 29.3 Å². The highest BCUT2D eigenvalue weighted by Gasteiger charge is 2.12. The summed E-state index contributed by atoms with van der Waals surface area (Å²) in [6, 6.07) is 23.2. The number of para-hydroxylation sites is 2. The number of carbonyl (C=O) groups excluding carboxylic acids is 2. The van der Waals surface area contributed by atoms with Gasteiger partial charge in [0.2, 0.25) is 0 Å². The minimum atomic E-state index is -0.372. The topological polar surface area (TPSA) is 76.7 Å². The zero-order valence-electron chi connectivity index (χ0n) is 16.3. The highest BCUT2D eigenvalue weighted by atomic mass is 16.5. The molecule has 0 saturated carbocycles. The molecule has 0 aliphatic rings. The number of rotatable bonds is 9. The quantitative estimate of drug-likeness (QED) is 0.520. The Bertz CT molecular complexity index is 1000. The lowest BCUT2D eigenvalue weighted by molar-refractivity contribution is -0.118. The van der Waals surface area contributed by atoms with E-state index >= 15 is 0 Å². The summed E-state index contributed by atoms with van der Waals surface area (Å²) in [7, 11) is 0. The minimum Gasteiger partial charge on any atom is -0.484 e. The third-order valence-electron chi connectivity index (χ3n) is 4.03. The molecule has 152 valence electrons. The van der Waals surface area contributed by atoms with Crippen LogP contribution < -0.4 is 20.1 Å². The van der Waals surface area contributed by atoms with Gasteiger partial charge in [-0.05, 0) is 48.5 Å². The molecule has 3 aromatic carbocycles. The van der Waals surface area contributed by atoms with Crippen molar-refractivity contribution >= 4 is 17.5 Å². The molecule has 0 spiro atoms. The van der Waals surface area contributed by atoms with E-state index in [1.807, 2.05) is 30.3 Å². The number of hydrogen-bond acceptors (Lipinski definition) is 4. The number of ether oxygens (including phenoxy) is 2. The Hall–Kier alpha value is -4.06. The van der Waals surface area contributed by atoms with Crippen molar-refractivity contribution in [3.05, 3.63) is 97.1 Å². The number of benzene rings is 3. The second-order valence-corrected chi connectivity index (χ2v) is 6.27. The Balaban J connectivity index is 1.54. The highest BCUT2D eigenvalue weighted by Crippen LogP contribution is 2.23. The van der Waals surface area contributed by atoms with E-state index in [0.717, 1.165) is 5.75 Å². The average molecular weight is 402 g/mol. The maximum absolute atomic E-state index is 12.3. The third-order valence-corrected chi connectivity index (χ3v) is 4.03. The van der Waals surface area contributed by atoms with Crippen LogP contribution in [0.25, 0.3) is 0 Å². The van der Waals surface area contributed by atoms with Crippen LogP contribution >= 0.6 is 0 Å². The Morgan fingerprint density at radius 3 is 2.20 bits per heavy atom. The standard InChI is InChI=1S/C24H22N2O4/c1-2-16-25-24(28)21-10-6-7-11-22(21)26-23(27)17-29-18-12-14-20(15-13-18)30-19-8-4-3-5-9-19/h2-15H,1,16-17H2,(H,25,28)(H,26,27). The van der Waals surface area contributed by atoms with Crippen LogP contribution in [0.1, 0.15) is 10.4 Å². The van der Waals surface area contributed by atoms with Crippen molar-refractivity contribution in [1.29, 1.82) is 0 Å². The normalized spacial score (nSPS) is 10.0. The maximum Gasteiger partial charge on any atom is 0.262 e. The van der Waals surface area contributed by atoms with E-state index in [4.69, 9.17) is 9.47 Å². The van der Waals surface area contributed by atoms with Crippen LogP contribution in [0.4, 0.5) is 5.69 Å². The van der Waals surface area contributed by atoms with E-state index in [1.54, 1.807) is 54.6 Å². The minimum absolute atomic E-state index is 0.193. The van der Waals surface area contributed by atoms with Crippen LogP contribution in [-0.4, -0.2) is 25.0 Å². The first-order chi connectivity index (χ1) is 14.7. The molecule has 0 fully saturated rings. The molecular formula is C24H22N2O4. The summed E-state index contributed by atoms with van der Waals surface area (Å²) < 4.78 is 11.3. The van der Waals surface area contributed by atoms with E-state index in [-0.39, 0.29) is 18.4 Å². The van der Waals surface area contributed by atoms with Gasteiger partial charge in [0.05, 0.1) is 11.3 Å². The number of amides is 2. The predicted octanol–water partition coefficient (Wildman–Crippen LogP) is 4.41. The van der Waals surface area contributed by atoms with Gasteiger partial charge in [-0.2, -0.15) is 0 Å². The summed E-state index contributed by atoms with van der Waals surface area (Å²) in [6.07, 6.45) is 1.59. The summed E-state index contributed by atoms with van der Waals surface area (Å²) >= 11 is 0. The van der Waals surface area contributed by atoms with Crippen LogP contribution in [0.3, 0.4) is 0 Å². The highest BCUT2D eigenvalue weighted by molar-refractivity contribution is 6.04. The van der Waals surface area contributed by atoms with Crippen molar-refractivity contribution in [2.75, 3.05) is 18.5 Å². The van der Waals surface area contributed by atoms with Crippen LogP contribution in [0.2, 0.25) is 0 Å². The molecule has 2 amide bonds. The molecule has 3 rings (SSSR count). The van der Waals surface area contributed by atoms with Crippen LogP contribution in [0.15, 0.2) is 91.5 Å². The summed E-state index contributed by atoms with van der Waals surface area (Å²) in [6.45, 7) is 3.72. The molecule has 2 N–H and O–H groups in total. The smallest absolute Gasteiger partial charge is 0.262 e. The molecule has 0 heterocycles. The monoisotopic (exact) mass is 402 g/mol. The number of hydrogen-bond donors (Lipinski definition) is 2. The Morgan fingerprint density at radius 1 is 0.833 bits per heavy atom. The summed E-state index contributed by atoms with van der Waals surface area (Å²) in [5.74, 6) is 1.27. The van der Waals surface area contributed by atoms with Gasteiger partial charge in [0.15, 0.2) is 6.61 Å². The molecule has 0 unspecified atom stereocenters. The lowest BCUT2D eigenvalue weighted by Gasteiger charge is -2.12. The lowest BCUT2D eigenvalue weighted by Crippen LogP contribution is -2.26. The van der Waals surface area contributed by atoms with Gasteiger partial charge in [0.1, 0.15) is 17.2 Å². The Labute approximate surface area is 175 Å². The first-order valence-corrected chi connectivity index (χ1v) is 9.39. The molecule has 0 aliphatic heterocycles. The summed E-state index contributed by atoms with van der Waals surface area (Å²) in [4.78, 5) is 24.5. The number of nitrogens with one attached hydrogen (secondary N) is 2. The van der Waals surface area contributed by atoms with Gasteiger partial charge < -0.3 is 20.1 Å². The lowest BCUT2D eigenvalue weighted by atomic mass is 10.1. The molecule has 0 aliphatic carbocycles. The van der Waals surface area contributed by atoms with Crippen molar-refractivity contribution < 1.29 is 19.1 Å². The van der Waals surface area contributed by atoms with Gasteiger partial charge in [-0.3, -0.25) is 9.59 Å². The molecule has 30 heavy (non-hydrogen) atoms. The molecule has 0 radical (unpaired) electrons. The fourth-order valence-corrected chi connectivity index (χ4v) is 2.61. The molecule has 0 bridgehead atoms. The third kappa shape index (κ3) is 5.97. The molecular weight excluding hydrogens is 380 g/mol.